The zero-order valence-electron chi connectivity index (χ0n) is 14.7. The molecule has 0 fully saturated rings. The number of aryl methyl sites for hydroxylation is 1. The average Bonchev–Trinajstić information content (AvgIpc) is 2.53. The van der Waals surface area contributed by atoms with Gasteiger partial charge in [-0.25, -0.2) is 0 Å². The van der Waals surface area contributed by atoms with Crippen molar-refractivity contribution < 1.29 is 14.3 Å². The molecule has 1 aromatic carbocycles. The number of rotatable bonds is 7. The maximum Gasteiger partial charge on any atom is 0.253 e. The van der Waals surface area contributed by atoms with Crippen LogP contribution < -0.4 is 20.1 Å². The van der Waals surface area contributed by atoms with Crippen LogP contribution in [0.1, 0.15) is 29.8 Å². The van der Waals surface area contributed by atoms with E-state index in [0.717, 1.165) is 5.56 Å². The van der Waals surface area contributed by atoms with Gasteiger partial charge >= 0.3 is 0 Å². The minimum absolute atomic E-state index is 0.0763. The summed E-state index contributed by atoms with van der Waals surface area (Å²) in [4.78, 5) is 16.7. The van der Waals surface area contributed by atoms with E-state index in [0.29, 0.717) is 17.2 Å². The highest BCUT2D eigenvalue weighted by molar-refractivity contribution is 7.80. The van der Waals surface area contributed by atoms with Gasteiger partial charge in [-0.15, -0.1) is 12.6 Å². The standard InChI is InChI=1S/C18H23N3O3S/c1-11(2)23-15-9-13(17(22)21-18(25)19-4)10-16(20-15)24-14-7-5-6-12(3)8-14/h5-11,18-19,25H,1-4H3,(H,21,22). The van der Waals surface area contributed by atoms with Gasteiger partial charge in [0.2, 0.25) is 11.8 Å². The lowest BCUT2D eigenvalue weighted by Crippen LogP contribution is -2.39. The van der Waals surface area contributed by atoms with Crippen molar-refractivity contribution in [2.45, 2.75) is 32.4 Å². The number of aromatic nitrogens is 1. The molecule has 0 aliphatic rings. The van der Waals surface area contributed by atoms with Crippen molar-refractivity contribution in [2.75, 3.05) is 7.05 Å². The molecule has 0 aliphatic heterocycles. The third kappa shape index (κ3) is 5.95. The zero-order chi connectivity index (χ0) is 18.4. The highest BCUT2D eigenvalue weighted by Gasteiger charge is 2.14. The van der Waals surface area contributed by atoms with Gasteiger partial charge in [0.05, 0.1) is 11.7 Å². The molecule has 0 saturated heterocycles. The normalized spacial score (nSPS) is 11.9. The number of carbonyl (C=O) groups is 1. The van der Waals surface area contributed by atoms with Crippen LogP contribution in [0.5, 0.6) is 17.5 Å². The van der Waals surface area contributed by atoms with E-state index in [9.17, 15) is 4.79 Å². The van der Waals surface area contributed by atoms with Gasteiger partial charge in [-0.1, -0.05) is 12.1 Å². The molecule has 0 bridgehead atoms. The molecule has 2 aromatic rings. The summed E-state index contributed by atoms with van der Waals surface area (Å²) >= 11 is 4.20. The van der Waals surface area contributed by atoms with E-state index < -0.39 is 5.50 Å². The smallest absolute Gasteiger partial charge is 0.253 e. The van der Waals surface area contributed by atoms with Gasteiger partial charge in [-0.2, -0.15) is 4.98 Å². The summed E-state index contributed by atoms with van der Waals surface area (Å²) < 4.78 is 11.4. The molecule has 1 aromatic heterocycles. The molecule has 0 radical (unpaired) electrons. The van der Waals surface area contributed by atoms with Crippen LogP contribution in [0.2, 0.25) is 0 Å². The molecule has 1 unspecified atom stereocenters. The first-order chi connectivity index (χ1) is 11.9. The maximum atomic E-state index is 12.4. The van der Waals surface area contributed by atoms with Crippen molar-refractivity contribution in [2.24, 2.45) is 0 Å². The van der Waals surface area contributed by atoms with Crippen LogP contribution in [0, 0.1) is 6.92 Å². The van der Waals surface area contributed by atoms with E-state index >= 15 is 0 Å². The van der Waals surface area contributed by atoms with Gasteiger partial charge in [0, 0.05) is 12.1 Å². The Labute approximate surface area is 153 Å². The van der Waals surface area contributed by atoms with Gasteiger partial charge in [-0.3, -0.25) is 10.1 Å². The van der Waals surface area contributed by atoms with Crippen molar-refractivity contribution in [3.63, 3.8) is 0 Å². The van der Waals surface area contributed by atoms with Gasteiger partial charge in [0.15, 0.2) is 0 Å². The molecule has 134 valence electrons. The molecule has 1 heterocycles. The number of hydrogen-bond donors (Lipinski definition) is 3. The Balaban J connectivity index is 2.31. The monoisotopic (exact) mass is 361 g/mol. The number of benzene rings is 1. The number of nitrogens with zero attached hydrogens (tertiary/aromatic N) is 1. The Morgan fingerprint density at radius 2 is 1.92 bits per heavy atom. The van der Waals surface area contributed by atoms with E-state index in [1.165, 1.54) is 0 Å². The van der Waals surface area contributed by atoms with Crippen LogP contribution in [0.15, 0.2) is 36.4 Å². The fraction of sp³-hybridized carbons (Fsp3) is 0.333. The van der Waals surface area contributed by atoms with Crippen molar-refractivity contribution in [1.29, 1.82) is 0 Å². The summed E-state index contributed by atoms with van der Waals surface area (Å²) in [5.74, 6) is 0.946. The quantitative estimate of drug-likeness (QED) is 0.522. The first-order valence-corrected chi connectivity index (χ1v) is 8.48. The Bertz CT molecular complexity index is 737. The van der Waals surface area contributed by atoms with E-state index in [1.807, 2.05) is 45.0 Å². The molecular formula is C18H23N3O3S. The molecule has 2 N–H and O–H groups in total. The van der Waals surface area contributed by atoms with E-state index in [-0.39, 0.29) is 17.9 Å². The van der Waals surface area contributed by atoms with Crippen LogP contribution >= 0.6 is 12.6 Å². The number of hydrogen-bond acceptors (Lipinski definition) is 6. The predicted octanol–water partition coefficient (Wildman–Crippen LogP) is 3.13. The predicted molar refractivity (Wildman–Crippen MR) is 101 cm³/mol. The number of carbonyl (C=O) groups excluding carboxylic acids is 1. The van der Waals surface area contributed by atoms with Crippen LogP contribution in [0.25, 0.3) is 0 Å². The van der Waals surface area contributed by atoms with Crippen LogP contribution in [-0.2, 0) is 0 Å². The first-order valence-electron chi connectivity index (χ1n) is 7.97. The lowest BCUT2D eigenvalue weighted by molar-refractivity contribution is 0.0945. The summed E-state index contributed by atoms with van der Waals surface area (Å²) in [6, 6.07) is 10.7. The minimum atomic E-state index is -0.462. The number of thiol groups is 1. The summed E-state index contributed by atoms with van der Waals surface area (Å²) in [5, 5.41) is 5.53. The molecule has 0 saturated carbocycles. The molecule has 7 heteroatoms. The largest absolute Gasteiger partial charge is 0.475 e. The van der Waals surface area contributed by atoms with Crippen LogP contribution in [-0.4, -0.2) is 29.5 Å². The highest BCUT2D eigenvalue weighted by atomic mass is 32.1. The number of ether oxygens (including phenoxy) is 2. The second-order valence-electron chi connectivity index (χ2n) is 5.78. The molecule has 6 nitrogen and oxygen atoms in total. The number of pyridine rings is 1. The molecular weight excluding hydrogens is 338 g/mol. The second-order valence-corrected chi connectivity index (χ2v) is 6.30. The molecule has 0 spiro atoms. The number of nitrogens with one attached hydrogen (secondary N) is 2. The Kier molecular flexibility index (Phi) is 6.66. The average molecular weight is 361 g/mol. The summed E-state index contributed by atoms with van der Waals surface area (Å²) in [7, 11) is 1.70. The van der Waals surface area contributed by atoms with Crippen molar-refractivity contribution >= 4 is 18.5 Å². The molecule has 25 heavy (non-hydrogen) atoms. The van der Waals surface area contributed by atoms with Crippen molar-refractivity contribution in [3.05, 3.63) is 47.5 Å². The minimum Gasteiger partial charge on any atom is -0.475 e. The SMILES string of the molecule is CNC(S)NC(=O)c1cc(Oc2cccc(C)c2)nc(OC(C)C)c1. The first kappa shape index (κ1) is 19.1. The Morgan fingerprint density at radius 3 is 2.56 bits per heavy atom. The van der Waals surface area contributed by atoms with Gasteiger partial charge in [0.1, 0.15) is 11.2 Å². The van der Waals surface area contributed by atoms with Crippen molar-refractivity contribution in [3.8, 4) is 17.5 Å². The lowest BCUT2D eigenvalue weighted by Gasteiger charge is -2.15. The lowest BCUT2D eigenvalue weighted by atomic mass is 10.2. The third-order valence-electron chi connectivity index (χ3n) is 3.15. The van der Waals surface area contributed by atoms with Gasteiger partial charge in [-0.05, 0) is 45.5 Å². The van der Waals surface area contributed by atoms with Crippen LogP contribution in [0.4, 0.5) is 0 Å². The Hall–Kier alpha value is -2.25. The summed E-state index contributed by atoms with van der Waals surface area (Å²) in [5.41, 5.74) is 0.982. The molecule has 1 atom stereocenters. The fourth-order valence-corrected chi connectivity index (χ4v) is 2.16. The third-order valence-corrected chi connectivity index (χ3v) is 3.54. The van der Waals surface area contributed by atoms with E-state index in [2.05, 4.69) is 28.2 Å². The highest BCUT2D eigenvalue weighted by Crippen LogP contribution is 2.25. The summed E-state index contributed by atoms with van der Waals surface area (Å²) in [6.07, 6.45) is -0.0763. The van der Waals surface area contributed by atoms with E-state index in [1.54, 1.807) is 19.2 Å². The molecule has 1 amide bonds. The van der Waals surface area contributed by atoms with Crippen molar-refractivity contribution in [1.82, 2.24) is 15.6 Å². The Morgan fingerprint density at radius 1 is 1.20 bits per heavy atom. The van der Waals surface area contributed by atoms with Gasteiger partial charge in [0.25, 0.3) is 5.91 Å². The topological polar surface area (TPSA) is 72.5 Å². The van der Waals surface area contributed by atoms with Gasteiger partial charge < -0.3 is 14.8 Å². The molecule has 0 aliphatic carbocycles. The second kappa shape index (κ2) is 8.73. The summed E-state index contributed by atoms with van der Waals surface area (Å²) in [6.45, 7) is 5.75. The fourth-order valence-electron chi connectivity index (χ4n) is 2.05. The maximum absolute atomic E-state index is 12.4. The molecule has 2 rings (SSSR count). The zero-order valence-corrected chi connectivity index (χ0v) is 15.6. The van der Waals surface area contributed by atoms with Crippen LogP contribution in [0.3, 0.4) is 0 Å². The van der Waals surface area contributed by atoms with E-state index in [4.69, 9.17) is 9.47 Å². The number of amides is 1.